The van der Waals surface area contributed by atoms with E-state index in [2.05, 4.69) is 24.2 Å². The van der Waals surface area contributed by atoms with Crippen molar-refractivity contribution in [1.29, 1.82) is 0 Å². The Hall–Kier alpha value is -0.0600. The zero-order valence-corrected chi connectivity index (χ0v) is 10.5. The predicted molar refractivity (Wildman–Crippen MR) is 66.0 cm³/mol. The molecular formula is C10H18N2S2. The zero-order chi connectivity index (χ0) is 10.4. The minimum absolute atomic E-state index is 0.451. The molecule has 0 bridgehead atoms. The van der Waals surface area contributed by atoms with E-state index in [1.54, 1.807) is 11.3 Å². The number of rotatable bonds is 6. The molecule has 0 aromatic carbocycles. The second-order valence-electron chi connectivity index (χ2n) is 3.14. The maximum atomic E-state index is 5.68. The molecule has 1 aromatic heterocycles. The summed E-state index contributed by atoms with van der Waals surface area (Å²) in [4.78, 5) is 4.61. The molecule has 0 aliphatic heterocycles. The summed E-state index contributed by atoms with van der Waals surface area (Å²) in [5.74, 6) is 2.65. The van der Waals surface area contributed by atoms with Gasteiger partial charge in [0.1, 0.15) is 5.01 Å². The maximum absolute atomic E-state index is 5.68. The van der Waals surface area contributed by atoms with Crippen LogP contribution in [0.1, 0.15) is 36.9 Å². The molecule has 0 aliphatic carbocycles. The van der Waals surface area contributed by atoms with Gasteiger partial charge in [0, 0.05) is 23.6 Å². The van der Waals surface area contributed by atoms with E-state index in [1.807, 2.05) is 11.8 Å². The van der Waals surface area contributed by atoms with Gasteiger partial charge in [0.05, 0.1) is 5.69 Å². The van der Waals surface area contributed by atoms with Crippen molar-refractivity contribution in [2.24, 2.45) is 5.73 Å². The first-order chi connectivity index (χ1) is 6.81. The Bertz CT molecular complexity index is 256. The van der Waals surface area contributed by atoms with Crippen LogP contribution >= 0.6 is 23.1 Å². The summed E-state index contributed by atoms with van der Waals surface area (Å²) in [6.07, 6.45) is 1.08. The first-order valence-corrected chi connectivity index (χ1v) is 7.07. The lowest BCUT2D eigenvalue weighted by Crippen LogP contribution is -2.11. The second kappa shape index (κ2) is 6.43. The number of thiazole rings is 1. The molecule has 1 heterocycles. The third-order valence-electron chi connectivity index (χ3n) is 2.19. The lowest BCUT2D eigenvalue weighted by molar-refractivity contribution is 0.657. The summed E-state index contributed by atoms with van der Waals surface area (Å²) in [6, 6.07) is 0. The van der Waals surface area contributed by atoms with E-state index in [1.165, 1.54) is 10.7 Å². The number of nitrogens with zero attached hydrogens (tertiary/aromatic N) is 1. The topological polar surface area (TPSA) is 38.9 Å². The second-order valence-corrected chi connectivity index (χ2v) is 5.36. The Kier molecular flexibility index (Phi) is 5.52. The Morgan fingerprint density at radius 3 is 2.93 bits per heavy atom. The van der Waals surface area contributed by atoms with Gasteiger partial charge in [-0.1, -0.05) is 13.8 Å². The zero-order valence-electron chi connectivity index (χ0n) is 8.82. The molecule has 1 unspecified atom stereocenters. The van der Waals surface area contributed by atoms with Crippen LogP contribution in [0.25, 0.3) is 0 Å². The first-order valence-electron chi connectivity index (χ1n) is 5.03. The molecular weight excluding hydrogens is 212 g/mol. The highest BCUT2D eigenvalue weighted by Crippen LogP contribution is 2.23. The van der Waals surface area contributed by atoms with Crippen molar-refractivity contribution in [2.45, 2.75) is 31.9 Å². The van der Waals surface area contributed by atoms with Crippen LogP contribution in [0.5, 0.6) is 0 Å². The lowest BCUT2D eigenvalue weighted by atomic mass is 10.0. The fraction of sp³-hybridized carbons (Fsp3) is 0.700. The minimum Gasteiger partial charge on any atom is -0.330 e. The highest BCUT2D eigenvalue weighted by atomic mass is 32.2. The molecule has 1 aromatic rings. The van der Waals surface area contributed by atoms with Gasteiger partial charge >= 0.3 is 0 Å². The summed E-state index contributed by atoms with van der Waals surface area (Å²) in [6.45, 7) is 5.05. The third-order valence-corrected chi connectivity index (χ3v) is 4.13. The van der Waals surface area contributed by atoms with E-state index in [0.29, 0.717) is 12.5 Å². The van der Waals surface area contributed by atoms with Gasteiger partial charge in [-0.2, -0.15) is 11.8 Å². The molecule has 4 heteroatoms. The molecule has 1 rings (SSSR count). The van der Waals surface area contributed by atoms with Gasteiger partial charge in [-0.05, 0) is 12.2 Å². The Balaban J connectivity index is 2.57. The van der Waals surface area contributed by atoms with Crippen molar-refractivity contribution in [2.75, 3.05) is 12.3 Å². The summed E-state index contributed by atoms with van der Waals surface area (Å²) in [5, 5.41) is 3.39. The number of thioether (sulfide) groups is 1. The molecule has 2 N–H and O–H groups in total. The number of aromatic nitrogens is 1. The molecule has 0 saturated carbocycles. The quantitative estimate of drug-likeness (QED) is 0.816. The van der Waals surface area contributed by atoms with Crippen molar-refractivity contribution >= 4 is 23.1 Å². The van der Waals surface area contributed by atoms with Crippen LogP contribution in [0.2, 0.25) is 0 Å². The van der Waals surface area contributed by atoms with E-state index in [9.17, 15) is 0 Å². The van der Waals surface area contributed by atoms with Crippen molar-refractivity contribution in [3.63, 3.8) is 0 Å². The third kappa shape index (κ3) is 3.26. The summed E-state index contributed by atoms with van der Waals surface area (Å²) >= 11 is 3.68. The molecule has 14 heavy (non-hydrogen) atoms. The molecule has 0 amide bonds. The average molecular weight is 230 g/mol. The lowest BCUT2D eigenvalue weighted by Gasteiger charge is -2.07. The largest absolute Gasteiger partial charge is 0.330 e. The molecule has 80 valence electrons. The van der Waals surface area contributed by atoms with E-state index in [4.69, 9.17) is 5.73 Å². The van der Waals surface area contributed by atoms with Crippen LogP contribution < -0.4 is 5.73 Å². The number of nitrogens with two attached hydrogens (primary N) is 1. The van der Waals surface area contributed by atoms with Crippen LogP contribution in [0.4, 0.5) is 0 Å². The van der Waals surface area contributed by atoms with Crippen molar-refractivity contribution < 1.29 is 0 Å². The van der Waals surface area contributed by atoms with Crippen LogP contribution in [0.15, 0.2) is 5.38 Å². The van der Waals surface area contributed by atoms with Gasteiger partial charge in [-0.3, -0.25) is 0 Å². The fourth-order valence-corrected chi connectivity index (χ4v) is 2.89. The van der Waals surface area contributed by atoms with Crippen LogP contribution in [0, 0.1) is 0 Å². The summed E-state index contributed by atoms with van der Waals surface area (Å²) < 4.78 is 0. The predicted octanol–water partition coefficient (Wildman–Crippen LogP) is 2.85. The summed E-state index contributed by atoms with van der Waals surface area (Å²) in [7, 11) is 0. The average Bonchev–Trinajstić information content (AvgIpc) is 2.65. The van der Waals surface area contributed by atoms with Crippen molar-refractivity contribution in [3.8, 4) is 0 Å². The van der Waals surface area contributed by atoms with E-state index in [0.717, 1.165) is 17.9 Å². The Morgan fingerprint density at radius 2 is 2.36 bits per heavy atom. The molecule has 0 spiro atoms. The highest BCUT2D eigenvalue weighted by Gasteiger charge is 2.11. The van der Waals surface area contributed by atoms with E-state index in [-0.39, 0.29) is 0 Å². The van der Waals surface area contributed by atoms with Crippen molar-refractivity contribution in [3.05, 3.63) is 16.1 Å². The SMILES string of the molecule is CCSCc1nc(C(CC)CN)cs1. The fourth-order valence-electron chi connectivity index (χ4n) is 1.26. The highest BCUT2D eigenvalue weighted by molar-refractivity contribution is 7.98. The normalized spacial score (nSPS) is 13.1. The van der Waals surface area contributed by atoms with Gasteiger partial charge in [-0.25, -0.2) is 4.98 Å². The van der Waals surface area contributed by atoms with E-state index < -0.39 is 0 Å². The van der Waals surface area contributed by atoms with Gasteiger partial charge in [0.25, 0.3) is 0 Å². The molecule has 0 aliphatic rings. The molecule has 1 atom stereocenters. The van der Waals surface area contributed by atoms with Crippen LogP contribution in [0.3, 0.4) is 0 Å². The smallest absolute Gasteiger partial charge is 0.103 e. The van der Waals surface area contributed by atoms with Gasteiger partial charge in [0.15, 0.2) is 0 Å². The van der Waals surface area contributed by atoms with E-state index >= 15 is 0 Å². The number of hydrogen-bond acceptors (Lipinski definition) is 4. The van der Waals surface area contributed by atoms with Gasteiger partial charge < -0.3 is 5.73 Å². The number of hydrogen-bond donors (Lipinski definition) is 1. The van der Waals surface area contributed by atoms with Crippen molar-refractivity contribution in [1.82, 2.24) is 4.98 Å². The molecule has 0 fully saturated rings. The van der Waals surface area contributed by atoms with Gasteiger partial charge in [0.2, 0.25) is 0 Å². The first kappa shape index (κ1) is 12.0. The van der Waals surface area contributed by atoms with Gasteiger partial charge in [-0.15, -0.1) is 11.3 Å². The maximum Gasteiger partial charge on any atom is 0.103 e. The molecule has 2 nitrogen and oxygen atoms in total. The molecule has 0 radical (unpaired) electrons. The Labute approximate surface area is 94.3 Å². The van der Waals surface area contributed by atoms with Crippen LogP contribution in [-0.4, -0.2) is 17.3 Å². The summed E-state index contributed by atoms with van der Waals surface area (Å²) in [5.41, 5.74) is 6.87. The Morgan fingerprint density at radius 1 is 1.57 bits per heavy atom. The monoisotopic (exact) mass is 230 g/mol. The van der Waals surface area contributed by atoms with Crippen LogP contribution in [-0.2, 0) is 5.75 Å². The molecule has 0 saturated heterocycles. The standard InChI is InChI=1S/C10H18N2S2/c1-3-8(5-11)9-6-14-10(12-9)7-13-4-2/h6,8H,3-5,7,11H2,1-2H3. The minimum atomic E-state index is 0.451.